The molecule has 1 rings (SSSR count). The highest BCUT2D eigenvalue weighted by atomic mass is 32.1. The SMILES string of the molecule is CC(N)/C=C/c1ccc(C(F)(F)F)s1. The van der Waals surface area contributed by atoms with Crippen molar-refractivity contribution in [2.24, 2.45) is 5.73 Å². The Kier molecular flexibility index (Phi) is 3.34. The average Bonchev–Trinajstić information content (AvgIpc) is 2.47. The largest absolute Gasteiger partial charge is 0.425 e. The lowest BCUT2D eigenvalue weighted by atomic mass is 10.3. The van der Waals surface area contributed by atoms with Gasteiger partial charge in [-0.15, -0.1) is 11.3 Å². The summed E-state index contributed by atoms with van der Waals surface area (Å²) in [6.45, 7) is 1.76. The van der Waals surface area contributed by atoms with Gasteiger partial charge in [0.2, 0.25) is 0 Å². The minimum Gasteiger partial charge on any atom is -0.325 e. The monoisotopic (exact) mass is 221 g/mol. The third-order valence-electron chi connectivity index (χ3n) is 1.47. The molecule has 1 atom stereocenters. The van der Waals surface area contributed by atoms with Crippen molar-refractivity contribution in [3.63, 3.8) is 0 Å². The molecule has 1 nitrogen and oxygen atoms in total. The van der Waals surface area contributed by atoms with Crippen LogP contribution in [-0.4, -0.2) is 6.04 Å². The Labute approximate surface area is 84.0 Å². The lowest BCUT2D eigenvalue weighted by Gasteiger charge is -2.00. The van der Waals surface area contributed by atoms with Gasteiger partial charge in [-0.2, -0.15) is 13.2 Å². The van der Waals surface area contributed by atoms with Crippen LogP contribution in [0.2, 0.25) is 0 Å². The molecular formula is C9H10F3NS. The molecule has 1 aromatic rings. The van der Waals surface area contributed by atoms with Gasteiger partial charge >= 0.3 is 6.18 Å². The molecule has 0 aliphatic carbocycles. The molecule has 0 saturated carbocycles. The molecule has 0 aliphatic heterocycles. The van der Waals surface area contributed by atoms with E-state index in [4.69, 9.17) is 5.73 Å². The van der Waals surface area contributed by atoms with Crippen LogP contribution in [0.5, 0.6) is 0 Å². The summed E-state index contributed by atoms with van der Waals surface area (Å²) in [7, 11) is 0. The summed E-state index contributed by atoms with van der Waals surface area (Å²) in [5, 5.41) is 0. The topological polar surface area (TPSA) is 26.0 Å². The highest BCUT2D eigenvalue weighted by Gasteiger charge is 2.32. The zero-order valence-corrected chi connectivity index (χ0v) is 8.32. The van der Waals surface area contributed by atoms with E-state index in [0.717, 1.165) is 6.07 Å². The molecule has 0 saturated heterocycles. The van der Waals surface area contributed by atoms with Crippen LogP contribution in [0.25, 0.3) is 6.08 Å². The van der Waals surface area contributed by atoms with E-state index >= 15 is 0 Å². The summed E-state index contributed by atoms with van der Waals surface area (Å²) in [5.41, 5.74) is 5.43. The first-order valence-electron chi connectivity index (χ1n) is 4.00. The Hall–Kier alpha value is -0.810. The molecule has 5 heteroatoms. The highest BCUT2D eigenvalue weighted by molar-refractivity contribution is 7.13. The lowest BCUT2D eigenvalue weighted by Crippen LogP contribution is -2.09. The fourth-order valence-corrected chi connectivity index (χ4v) is 1.63. The molecule has 0 aliphatic rings. The van der Waals surface area contributed by atoms with Crippen molar-refractivity contribution in [1.29, 1.82) is 0 Å². The van der Waals surface area contributed by atoms with Crippen molar-refractivity contribution < 1.29 is 13.2 Å². The fraction of sp³-hybridized carbons (Fsp3) is 0.333. The first-order valence-corrected chi connectivity index (χ1v) is 4.82. The molecule has 1 heterocycles. The van der Waals surface area contributed by atoms with Crippen LogP contribution >= 0.6 is 11.3 Å². The fourth-order valence-electron chi connectivity index (χ4n) is 0.841. The van der Waals surface area contributed by atoms with Crippen LogP contribution in [0.4, 0.5) is 13.2 Å². The van der Waals surface area contributed by atoms with Crippen LogP contribution in [0, 0.1) is 0 Å². The Morgan fingerprint density at radius 1 is 1.43 bits per heavy atom. The second kappa shape index (κ2) is 4.14. The van der Waals surface area contributed by atoms with E-state index in [9.17, 15) is 13.2 Å². The van der Waals surface area contributed by atoms with Crippen molar-refractivity contribution >= 4 is 17.4 Å². The lowest BCUT2D eigenvalue weighted by molar-refractivity contribution is -0.134. The number of rotatable bonds is 2. The van der Waals surface area contributed by atoms with Gasteiger partial charge in [0.05, 0.1) is 0 Å². The van der Waals surface area contributed by atoms with E-state index in [-0.39, 0.29) is 6.04 Å². The normalized spacial score (nSPS) is 14.9. The van der Waals surface area contributed by atoms with Crippen LogP contribution < -0.4 is 5.73 Å². The summed E-state index contributed by atoms with van der Waals surface area (Å²) >= 11 is 0.714. The summed E-state index contributed by atoms with van der Waals surface area (Å²) in [4.78, 5) is -0.0172. The van der Waals surface area contributed by atoms with E-state index in [1.165, 1.54) is 6.07 Å². The molecule has 2 N–H and O–H groups in total. The van der Waals surface area contributed by atoms with Gasteiger partial charge in [-0.1, -0.05) is 6.08 Å². The van der Waals surface area contributed by atoms with Crippen molar-refractivity contribution in [1.82, 2.24) is 0 Å². The maximum Gasteiger partial charge on any atom is 0.425 e. The van der Waals surface area contributed by atoms with Gasteiger partial charge < -0.3 is 5.73 Å². The maximum atomic E-state index is 12.2. The Bertz CT molecular complexity index is 325. The molecule has 0 bridgehead atoms. The highest BCUT2D eigenvalue weighted by Crippen LogP contribution is 2.34. The summed E-state index contributed by atoms with van der Waals surface area (Å²) in [6, 6.07) is 2.36. The third-order valence-corrected chi connectivity index (χ3v) is 2.57. The molecule has 0 radical (unpaired) electrons. The summed E-state index contributed by atoms with van der Waals surface area (Å²) in [6.07, 6.45) is -0.984. The second-order valence-corrected chi connectivity index (χ2v) is 4.03. The van der Waals surface area contributed by atoms with Gasteiger partial charge in [-0.05, 0) is 25.1 Å². The number of nitrogens with two attached hydrogens (primary N) is 1. The van der Waals surface area contributed by atoms with Gasteiger partial charge in [0.25, 0.3) is 0 Å². The van der Waals surface area contributed by atoms with E-state index in [1.807, 2.05) is 0 Å². The van der Waals surface area contributed by atoms with Gasteiger partial charge in [-0.3, -0.25) is 0 Å². The summed E-state index contributed by atoms with van der Waals surface area (Å²) in [5.74, 6) is 0. The predicted molar refractivity (Wildman–Crippen MR) is 52.0 cm³/mol. The number of thiophene rings is 1. The van der Waals surface area contributed by atoms with E-state index in [2.05, 4.69) is 0 Å². The number of hydrogen-bond donors (Lipinski definition) is 1. The van der Waals surface area contributed by atoms with Crippen LogP contribution in [0.3, 0.4) is 0 Å². The smallest absolute Gasteiger partial charge is 0.325 e. The standard InChI is InChI=1S/C9H10F3NS/c1-6(13)2-3-7-4-5-8(14-7)9(10,11)12/h2-6H,13H2,1H3/b3-2+. The van der Waals surface area contributed by atoms with E-state index in [0.29, 0.717) is 16.2 Å². The number of hydrogen-bond acceptors (Lipinski definition) is 2. The average molecular weight is 221 g/mol. The zero-order chi connectivity index (χ0) is 10.8. The Morgan fingerprint density at radius 2 is 2.07 bits per heavy atom. The molecular weight excluding hydrogens is 211 g/mol. The van der Waals surface area contributed by atoms with Gasteiger partial charge in [0.15, 0.2) is 0 Å². The van der Waals surface area contributed by atoms with Crippen LogP contribution in [-0.2, 0) is 6.18 Å². The van der Waals surface area contributed by atoms with Crippen LogP contribution in [0.15, 0.2) is 18.2 Å². The van der Waals surface area contributed by atoms with Crippen molar-refractivity contribution in [2.75, 3.05) is 0 Å². The van der Waals surface area contributed by atoms with Crippen LogP contribution in [0.1, 0.15) is 16.7 Å². The van der Waals surface area contributed by atoms with Gasteiger partial charge in [0.1, 0.15) is 4.88 Å². The molecule has 0 amide bonds. The molecule has 14 heavy (non-hydrogen) atoms. The third kappa shape index (κ3) is 3.16. The van der Waals surface area contributed by atoms with E-state index in [1.54, 1.807) is 19.1 Å². The summed E-state index contributed by atoms with van der Waals surface area (Å²) < 4.78 is 36.5. The molecule has 0 fully saturated rings. The Balaban J connectivity index is 2.79. The molecule has 0 spiro atoms. The molecule has 0 aromatic carbocycles. The number of halogens is 3. The first-order chi connectivity index (χ1) is 6.39. The predicted octanol–water partition coefficient (Wildman–Crippen LogP) is 3.13. The van der Waals surface area contributed by atoms with E-state index < -0.39 is 11.1 Å². The molecule has 78 valence electrons. The van der Waals surface area contributed by atoms with Crippen molar-refractivity contribution in [2.45, 2.75) is 19.1 Å². The molecule has 1 aromatic heterocycles. The maximum absolute atomic E-state index is 12.2. The van der Waals surface area contributed by atoms with Gasteiger partial charge in [0, 0.05) is 10.9 Å². The second-order valence-electron chi connectivity index (χ2n) is 2.92. The number of alkyl halides is 3. The first kappa shape index (κ1) is 11.3. The minimum atomic E-state index is -4.24. The van der Waals surface area contributed by atoms with Crippen molar-refractivity contribution in [3.05, 3.63) is 28.0 Å². The molecule has 1 unspecified atom stereocenters. The Morgan fingerprint density at radius 3 is 2.50 bits per heavy atom. The minimum absolute atomic E-state index is 0.147. The van der Waals surface area contributed by atoms with Gasteiger partial charge in [-0.25, -0.2) is 0 Å². The van der Waals surface area contributed by atoms with Crippen molar-refractivity contribution in [3.8, 4) is 0 Å². The zero-order valence-electron chi connectivity index (χ0n) is 7.51. The quantitative estimate of drug-likeness (QED) is 0.815.